The van der Waals surface area contributed by atoms with E-state index < -0.39 is 0 Å². The molecule has 0 saturated heterocycles. The Hall–Kier alpha value is -1.26. The fourth-order valence-corrected chi connectivity index (χ4v) is 2.49. The van der Waals surface area contributed by atoms with Crippen LogP contribution < -0.4 is 0 Å². The molecule has 3 nitrogen and oxygen atoms in total. The van der Waals surface area contributed by atoms with Crippen molar-refractivity contribution in [2.75, 3.05) is 12.4 Å². The molecule has 4 heteroatoms. The third-order valence-corrected chi connectivity index (χ3v) is 3.65. The van der Waals surface area contributed by atoms with Crippen LogP contribution in [-0.4, -0.2) is 28.2 Å². The van der Waals surface area contributed by atoms with Crippen molar-refractivity contribution in [3.63, 3.8) is 0 Å². The molecule has 0 atom stereocenters. The summed E-state index contributed by atoms with van der Waals surface area (Å²) in [7, 11) is 0. The first kappa shape index (κ1) is 14.2. The van der Waals surface area contributed by atoms with Crippen LogP contribution in [0.4, 0.5) is 0 Å². The van der Waals surface area contributed by atoms with E-state index in [9.17, 15) is 0 Å². The first-order valence-corrected chi connectivity index (χ1v) is 7.69. The van der Waals surface area contributed by atoms with Crippen molar-refractivity contribution in [2.24, 2.45) is 0 Å². The predicted molar refractivity (Wildman–Crippen MR) is 80.8 cm³/mol. The van der Waals surface area contributed by atoms with Gasteiger partial charge in [0.25, 0.3) is 0 Å². The Morgan fingerprint density at radius 3 is 2.68 bits per heavy atom. The van der Waals surface area contributed by atoms with Crippen molar-refractivity contribution in [3.8, 4) is 5.69 Å². The largest absolute Gasteiger partial charge is 0.378 e. The maximum Gasteiger partial charge on any atom is 0.0645 e. The molecule has 0 radical (unpaired) electrons. The van der Waals surface area contributed by atoms with Crippen molar-refractivity contribution in [1.29, 1.82) is 0 Å². The van der Waals surface area contributed by atoms with E-state index >= 15 is 0 Å². The topological polar surface area (TPSA) is 27.1 Å². The third-order valence-electron chi connectivity index (χ3n) is 2.65. The summed E-state index contributed by atoms with van der Waals surface area (Å²) in [6.45, 7) is 4.96. The average Bonchev–Trinajstić information content (AvgIpc) is 2.93. The van der Waals surface area contributed by atoms with Crippen molar-refractivity contribution in [2.45, 2.75) is 25.7 Å². The number of rotatable bonds is 7. The van der Waals surface area contributed by atoms with Gasteiger partial charge in [0.2, 0.25) is 0 Å². The van der Waals surface area contributed by atoms with Gasteiger partial charge in [0, 0.05) is 23.9 Å². The monoisotopic (exact) mass is 276 g/mol. The minimum Gasteiger partial charge on any atom is -0.378 e. The van der Waals surface area contributed by atoms with Gasteiger partial charge in [0.05, 0.1) is 18.4 Å². The Bertz CT molecular complexity index is 465. The molecule has 0 aliphatic rings. The molecule has 0 saturated carbocycles. The van der Waals surface area contributed by atoms with Gasteiger partial charge in [-0.1, -0.05) is 12.1 Å². The second kappa shape index (κ2) is 7.36. The first-order valence-electron chi connectivity index (χ1n) is 6.54. The van der Waals surface area contributed by atoms with Crippen molar-refractivity contribution in [1.82, 2.24) is 9.78 Å². The zero-order chi connectivity index (χ0) is 13.5. The highest BCUT2D eigenvalue weighted by Gasteiger charge is 1.98. The molecule has 0 fully saturated rings. The Labute approximate surface area is 119 Å². The van der Waals surface area contributed by atoms with Crippen LogP contribution in [0.2, 0.25) is 0 Å². The molecule has 1 aromatic heterocycles. The number of ether oxygens (including phenoxy) is 1. The first-order chi connectivity index (χ1) is 9.25. The molecule has 19 heavy (non-hydrogen) atoms. The quantitative estimate of drug-likeness (QED) is 0.724. The van der Waals surface area contributed by atoms with Gasteiger partial charge >= 0.3 is 0 Å². The van der Waals surface area contributed by atoms with E-state index in [1.54, 1.807) is 6.20 Å². The number of hydrogen-bond donors (Lipinski definition) is 0. The molecule has 0 amide bonds. The summed E-state index contributed by atoms with van der Waals surface area (Å²) in [5.74, 6) is 2.07. The van der Waals surface area contributed by atoms with E-state index in [0.717, 1.165) is 23.8 Å². The van der Waals surface area contributed by atoms with Crippen LogP contribution in [0, 0.1) is 0 Å². The zero-order valence-corrected chi connectivity index (χ0v) is 12.3. The molecule has 0 aliphatic carbocycles. The summed E-state index contributed by atoms with van der Waals surface area (Å²) < 4.78 is 7.38. The number of aromatic nitrogens is 2. The van der Waals surface area contributed by atoms with Gasteiger partial charge in [-0.15, -0.1) is 0 Å². The van der Waals surface area contributed by atoms with Crippen molar-refractivity contribution in [3.05, 3.63) is 48.3 Å². The fourth-order valence-electron chi connectivity index (χ4n) is 1.70. The lowest BCUT2D eigenvalue weighted by Gasteiger charge is -2.07. The lowest BCUT2D eigenvalue weighted by Crippen LogP contribution is -2.05. The van der Waals surface area contributed by atoms with Crippen LogP contribution in [0.1, 0.15) is 19.4 Å². The molecule has 0 aliphatic heterocycles. The normalized spacial score (nSPS) is 11.1. The standard InChI is InChI=1S/C15H20N2OS/c1-13(2)18-10-11-19-12-14-4-6-15(7-5-14)17-9-3-8-16-17/h3-9,13H,10-12H2,1-2H3. The summed E-state index contributed by atoms with van der Waals surface area (Å²) >= 11 is 1.90. The highest BCUT2D eigenvalue weighted by molar-refractivity contribution is 7.98. The molecule has 0 bridgehead atoms. The lowest BCUT2D eigenvalue weighted by molar-refractivity contribution is 0.0920. The zero-order valence-electron chi connectivity index (χ0n) is 11.5. The number of thioether (sulfide) groups is 1. The van der Waals surface area contributed by atoms with E-state index in [-0.39, 0.29) is 0 Å². The minimum atomic E-state index is 0.328. The molecule has 1 aromatic carbocycles. The van der Waals surface area contributed by atoms with Gasteiger partial charge in [0.1, 0.15) is 0 Å². The molecular weight excluding hydrogens is 256 g/mol. The van der Waals surface area contributed by atoms with Crippen molar-refractivity contribution >= 4 is 11.8 Å². The molecule has 2 rings (SSSR count). The Morgan fingerprint density at radius 2 is 2.05 bits per heavy atom. The molecule has 0 unspecified atom stereocenters. The lowest BCUT2D eigenvalue weighted by atomic mass is 10.2. The average molecular weight is 276 g/mol. The van der Waals surface area contributed by atoms with E-state index in [1.807, 2.05) is 28.7 Å². The van der Waals surface area contributed by atoms with Crippen molar-refractivity contribution < 1.29 is 4.74 Å². The van der Waals surface area contributed by atoms with Gasteiger partial charge < -0.3 is 4.74 Å². The number of hydrogen-bond acceptors (Lipinski definition) is 3. The van der Waals surface area contributed by atoms with Crippen LogP contribution in [0.15, 0.2) is 42.7 Å². The van der Waals surface area contributed by atoms with Crippen LogP contribution in [0.5, 0.6) is 0 Å². The second-order valence-electron chi connectivity index (χ2n) is 4.59. The number of nitrogens with zero attached hydrogens (tertiary/aromatic N) is 2. The molecular formula is C15H20N2OS. The smallest absolute Gasteiger partial charge is 0.0645 e. The van der Waals surface area contributed by atoms with E-state index in [4.69, 9.17) is 4.74 Å². The molecule has 2 aromatic rings. The minimum absolute atomic E-state index is 0.328. The molecule has 0 N–H and O–H groups in total. The maximum atomic E-state index is 5.52. The Balaban J connectivity index is 1.76. The SMILES string of the molecule is CC(C)OCCSCc1ccc(-n2cccn2)cc1. The van der Waals surface area contributed by atoms with Crippen LogP contribution >= 0.6 is 11.8 Å². The third kappa shape index (κ3) is 4.73. The molecule has 102 valence electrons. The molecule has 0 spiro atoms. The van der Waals surface area contributed by atoms with E-state index in [1.165, 1.54) is 5.56 Å². The Morgan fingerprint density at radius 1 is 1.26 bits per heavy atom. The molecule has 1 heterocycles. The van der Waals surface area contributed by atoms with Crippen LogP contribution in [0.3, 0.4) is 0 Å². The van der Waals surface area contributed by atoms with E-state index in [0.29, 0.717) is 6.10 Å². The highest BCUT2D eigenvalue weighted by Crippen LogP contribution is 2.14. The van der Waals surface area contributed by atoms with Gasteiger partial charge in [-0.05, 0) is 37.6 Å². The van der Waals surface area contributed by atoms with Crippen LogP contribution in [-0.2, 0) is 10.5 Å². The summed E-state index contributed by atoms with van der Waals surface area (Å²) in [6, 6.07) is 10.5. The predicted octanol–water partition coefficient (Wildman–Crippen LogP) is 3.53. The summed E-state index contributed by atoms with van der Waals surface area (Å²) in [4.78, 5) is 0. The Kier molecular flexibility index (Phi) is 5.48. The summed E-state index contributed by atoms with van der Waals surface area (Å²) in [6.07, 6.45) is 4.07. The summed E-state index contributed by atoms with van der Waals surface area (Å²) in [5, 5.41) is 4.21. The van der Waals surface area contributed by atoms with Gasteiger partial charge in [-0.3, -0.25) is 0 Å². The van der Waals surface area contributed by atoms with Crippen LogP contribution in [0.25, 0.3) is 5.69 Å². The van der Waals surface area contributed by atoms with E-state index in [2.05, 4.69) is 43.2 Å². The van der Waals surface area contributed by atoms with Gasteiger partial charge in [-0.25, -0.2) is 4.68 Å². The summed E-state index contributed by atoms with van der Waals surface area (Å²) in [5.41, 5.74) is 2.44. The number of benzene rings is 1. The highest BCUT2D eigenvalue weighted by atomic mass is 32.2. The van der Waals surface area contributed by atoms with Gasteiger partial charge in [0.15, 0.2) is 0 Å². The fraction of sp³-hybridized carbons (Fsp3) is 0.400. The van der Waals surface area contributed by atoms with Gasteiger partial charge in [-0.2, -0.15) is 16.9 Å². The maximum absolute atomic E-state index is 5.52. The second-order valence-corrected chi connectivity index (χ2v) is 5.69.